The molecule has 0 bridgehead atoms. The molecule has 0 aliphatic carbocycles. The molecule has 3 rings (SSSR count). The third-order valence-electron chi connectivity index (χ3n) is 4.72. The Bertz CT molecular complexity index is 992. The zero-order valence-corrected chi connectivity index (χ0v) is 17.3. The van der Waals surface area contributed by atoms with Crippen molar-refractivity contribution < 1.29 is 13.2 Å². The second-order valence-electron chi connectivity index (χ2n) is 6.65. The molecule has 1 amide bonds. The van der Waals surface area contributed by atoms with Gasteiger partial charge in [-0.2, -0.15) is 0 Å². The van der Waals surface area contributed by atoms with Gasteiger partial charge in [0.25, 0.3) is 0 Å². The molecule has 1 heterocycles. The van der Waals surface area contributed by atoms with E-state index in [1.165, 1.54) is 11.6 Å². The lowest BCUT2D eigenvalue weighted by Crippen LogP contribution is -2.39. The van der Waals surface area contributed by atoms with Gasteiger partial charge < -0.3 is 4.90 Å². The summed E-state index contributed by atoms with van der Waals surface area (Å²) < 4.78 is 25.3. The van der Waals surface area contributed by atoms with E-state index in [2.05, 4.69) is 10.8 Å². The van der Waals surface area contributed by atoms with E-state index in [1.807, 2.05) is 30.0 Å². The number of fused-ring (bicyclic) bond motifs is 1. The number of anilines is 1. The van der Waals surface area contributed by atoms with Gasteiger partial charge in [-0.05, 0) is 36.6 Å². The first-order valence-corrected chi connectivity index (χ1v) is 11.1. The molecule has 27 heavy (non-hydrogen) atoms. The van der Waals surface area contributed by atoms with Crippen molar-refractivity contribution in [1.82, 2.24) is 4.90 Å². The Kier molecular flexibility index (Phi) is 5.70. The quantitative estimate of drug-likeness (QED) is 0.801. The fraction of sp³-hybridized carbons (Fsp3) is 0.316. The summed E-state index contributed by atoms with van der Waals surface area (Å²) in [7, 11) is -3.49. The van der Waals surface area contributed by atoms with Crippen LogP contribution in [0.1, 0.15) is 29.7 Å². The Hall–Kier alpha value is -1.76. The van der Waals surface area contributed by atoms with Gasteiger partial charge in [0.15, 0.2) is 0 Å². The van der Waals surface area contributed by atoms with Crippen LogP contribution >= 0.6 is 23.2 Å². The van der Waals surface area contributed by atoms with Crippen molar-refractivity contribution in [3.63, 3.8) is 0 Å². The van der Waals surface area contributed by atoms with E-state index in [4.69, 9.17) is 23.2 Å². The first kappa shape index (κ1) is 20.0. The molecule has 0 aromatic heterocycles. The number of hydrogen-bond donors (Lipinski definition) is 1. The smallest absolute Gasteiger partial charge is 0.229 e. The lowest BCUT2D eigenvalue weighted by molar-refractivity contribution is -0.133. The fourth-order valence-corrected chi connectivity index (χ4v) is 4.58. The van der Waals surface area contributed by atoms with Crippen molar-refractivity contribution >= 4 is 44.8 Å². The highest BCUT2D eigenvalue weighted by molar-refractivity contribution is 7.92. The predicted octanol–water partition coefficient (Wildman–Crippen LogP) is 4.05. The van der Waals surface area contributed by atoms with Gasteiger partial charge in [-0.3, -0.25) is 9.52 Å². The minimum atomic E-state index is -3.49. The number of hydrogen-bond acceptors (Lipinski definition) is 3. The molecule has 0 saturated carbocycles. The summed E-state index contributed by atoms with van der Waals surface area (Å²) in [6.45, 7) is 2.62. The summed E-state index contributed by atoms with van der Waals surface area (Å²) >= 11 is 12.6. The molecule has 0 radical (unpaired) electrons. The molecule has 8 heteroatoms. The first-order chi connectivity index (χ1) is 12.7. The van der Waals surface area contributed by atoms with Crippen LogP contribution in [-0.2, 0) is 27.7 Å². The molecule has 0 spiro atoms. The number of sulfonamides is 1. The first-order valence-electron chi connectivity index (χ1n) is 8.49. The standard InChI is InChI=1S/C19H20Cl2N2O3S/c1-12-14-6-4-3-5-13(14)9-10-23(12)18(24)11-15-16(20)7-8-17(19(15)21)22-27(2,25)26/h3-8,12,22H,9-11H2,1-2H3/t12-/m0/s1. The highest BCUT2D eigenvalue weighted by Crippen LogP contribution is 2.35. The van der Waals surface area contributed by atoms with Gasteiger partial charge in [0.2, 0.25) is 15.9 Å². The lowest BCUT2D eigenvalue weighted by Gasteiger charge is -2.35. The maximum Gasteiger partial charge on any atom is 0.229 e. The normalized spacial score (nSPS) is 16.7. The highest BCUT2D eigenvalue weighted by atomic mass is 35.5. The Morgan fingerprint density at radius 2 is 1.93 bits per heavy atom. The van der Waals surface area contributed by atoms with E-state index in [9.17, 15) is 13.2 Å². The number of amides is 1. The maximum absolute atomic E-state index is 13.0. The van der Waals surface area contributed by atoms with Gasteiger partial charge in [0.05, 0.1) is 29.4 Å². The molecule has 1 aliphatic rings. The zero-order chi connectivity index (χ0) is 19.8. The molecule has 1 aliphatic heterocycles. The number of carbonyl (C=O) groups excluding carboxylic acids is 1. The summed E-state index contributed by atoms with van der Waals surface area (Å²) in [5.74, 6) is -0.0997. The third-order valence-corrected chi connectivity index (χ3v) is 6.10. The SMILES string of the molecule is C[C@H]1c2ccccc2CCN1C(=O)Cc1c(Cl)ccc(NS(C)(=O)=O)c1Cl. The van der Waals surface area contributed by atoms with E-state index >= 15 is 0 Å². The number of rotatable bonds is 4. The number of nitrogens with zero attached hydrogens (tertiary/aromatic N) is 1. The Balaban J connectivity index is 1.85. The molecule has 2 aromatic carbocycles. The molecule has 1 atom stereocenters. The van der Waals surface area contributed by atoms with Crippen molar-refractivity contribution in [3.8, 4) is 0 Å². The van der Waals surface area contributed by atoms with Gasteiger partial charge in [0.1, 0.15) is 0 Å². The fourth-order valence-electron chi connectivity index (χ4n) is 3.40. The average molecular weight is 427 g/mol. The molecule has 5 nitrogen and oxygen atoms in total. The Morgan fingerprint density at radius 1 is 1.22 bits per heavy atom. The summed E-state index contributed by atoms with van der Waals surface area (Å²) in [5.41, 5.74) is 3.03. The van der Waals surface area contributed by atoms with Gasteiger partial charge in [-0.25, -0.2) is 8.42 Å². The molecule has 2 aromatic rings. The molecule has 144 valence electrons. The molecule has 0 saturated heterocycles. The molecule has 0 unspecified atom stereocenters. The van der Waals surface area contributed by atoms with Crippen molar-refractivity contribution in [3.05, 3.63) is 63.1 Å². The lowest BCUT2D eigenvalue weighted by atomic mass is 9.93. The van der Waals surface area contributed by atoms with E-state index in [0.717, 1.165) is 18.2 Å². The van der Waals surface area contributed by atoms with Crippen LogP contribution in [0.5, 0.6) is 0 Å². The van der Waals surface area contributed by atoms with Crippen LogP contribution in [0.15, 0.2) is 36.4 Å². The number of benzene rings is 2. The molecule has 1 N–H and O–H groups in total. The minimum absolute atomic E-state index is 0.00343. The largest absolute Gasteiger partial charge is 0.335 e. The van der Waals surface area contributed by atoms with Crippen LogP contribution in [0.4, 0.5) is 5.69 Å². The summed E-state index contributed by atoms with van der Waals surface area (Å²) in [4.78, 5) is 14.8. The van der Waals surface area contributed by atoms with Gasteiger partial charge >= 0.3 is 0 Å². The van der Waals surface area contributed by atoms with Crippen molar-refractivity contribution in [2.75, 3.05) is 17.5 Å². The van der Waals surface area contributed by atoms with Crippen molar-refractivity contribution in [2.24, 2.45) is 0 Å². The minimum Gasteiger partial charge on any atom is -0.335 e. The number of halogens is 2. The van der Waals surface area contributed by atoms with Crippen LogP contribution in [0, 0.1) is 0 Å². The average Bonchev–Trinajstić information content (AvgIpc) is 2.60. The van der Waals surface area contributed by atoms with Crippen LogP contribution in [-0.4, -0.2) is 32.0 Å². The number of nitrogens with one attached hydrogen (secondary N) is 1. The van der Waals surface area contributed by atoms with E-state index in [0.29, 0.717) is 17.1 Å². The molecular weight excluding hydrogens is 407 g/mol. The second-order valence-corrected chi connectivity index (χ2v) is 9.18. The third kappa shape index (κ3) is 4.39. The summed E-state index contributed by atoms with van der Waals surface area (Å²) in [5, 5.41) is 0.476. The zero-order valence-electron chi connectivity index (χ0n) is 15.0. The van der Waals surface area contributed by atoms with Crippen molar-refractivity contribution in [1.29, 1.82) is 0 Å². The van der Waals surface area contributed by atoms with Crippen molar-refractivity contribution in [2.45, 2.75) is 25.8 Å². The predicted molar refractivity (Wildman–Crippen MR) is 109 cm³/mol. The van der Waals surface area contributed by atoms with E-state index in [1.54, 1.807) is 6.07 Å². The molecular formula is C19H20Cl2N2O3S. The van der Waals surface area contributed by atoms with Gasteiger partial charge in [-0.1, -0.05) is 47.5 Å². The highest BCUT2D eigenvalue weighted by Gasteiger charge is 2.28. The van der Waals surface area contributed by atoms with E-state index in [-0.39, 0.29) is 29.1 Å². The topological polar surface area (TPSA) is 66.5 Å². The number of carbonyl (C=O) groups is 1. The van der Waals surface area contributed by atoms with Gasteiger partial charge in [0, 0.05) is 17.1 Å². The van der Waals surface area contributed by atoms with Crippen LogP contribution in [0.2, 0.25) is 10.0 Å². The summed E-state index contributed by atoms with van der Waals surface area (Å²) in [6, 6.07) is 11.1. The van der Waals surface area contributed by atoms with Gasteiger partial charge in [-0.15, -0.1) is 0 Å². The van der Waals surface area contributed by atoms with Crippen LogP contribution < -0.4 is 4.72 Å². The van der Waals surface area contributed by atoms with Crippen LogP contribution in [0.3, 0.4) is 0 Å². The monoisotopic (exact) mass is 426 g/mol. The molecule has 0 fully saturated rings. The Labute approximate surface area is 169 Å². The maximum atomic E-state index is 13.0. The summed E-state index contributed by atoms with van der Waals surface area (Å²) in [6.07, 6.45) is 1.84. The second kappa shape index (κ2) is 7.70. The van der Waals surface area contributed by atoms with E-state index < -0.39 is 10.0 Å². The Morgan fingerprint density at radius 3 is 2.63 bits per heavy atom. The van der Waals surface area contributed by atoms with Crippen LogP contribution in [0.25, 0.3) is 0 Å².